The first-order chi connectivity index (χ1) is 15.0. The van der Waals surface area contributed by atoms with Crippen LogP contribution < -0.4 is 5.32 Å². The minimum Gasteiger partial charge on any atom is -0.480 e. The van der Waals surface area contributed by atoms with Gasteiger partial charge >= 0.3 is 24.5 Å². The second-order valence-electron chi connectivity index (χ2n) is 6.91. The van der Waals surface area contributed by atoms with Gasteiger partial charge in [0.15, 0.2) is 0 Å². The summed E-state index contributed by atoms with van der Waals surface area (Å²) in [6, 6.07) is 2.46. The van der Waals surface area contributed by atoms with Gasteiger partial charge in [0, 0.05) is 6.42 Å². The molecule has 1 amide bonds. The van der Waals surface area contributed by atoms with Crippen molar-refractivity contribution >= 4 is 11.9 Å². The molecule has 2 N–H and O–H groups in total. The van der Waals surface area contributed by atoms with Gasteiger partial charge in [-0.2, -0.15) is 39.5 Å². The molecule has 4 nitrogen and oxygen atoms in total. The zero-order chi connectivity index (χ0) is 25.2. The Balaban J connectivity index is 2.28. The SMILES string of the molecule is O=C(Cc1cc(C(F)(F)F)cc(C(F)(F)F)c1)N[C@@H](Cc1ccccc1C(F)(F)F)C(=O)O. The molecule has 1 atom stereocenters. The summed E-state index contributed by atoms with van der Waals surface area (Å²) in [5.74, 6) is -3.04. The minimum atomic E-state index is -5.16. The molecule has 13 heteroatoms. The predicted octanol–water partition coefficient (Wildman–Crippen LogP) is 5.10. The summed E-state index contributed by atoms with van der Waals surface area (Å²) in [4.78, 5) is 23.6. The molecule has 0 aliphatic rings. The van der Waals surface area contributed by atoms with Gasteiger partial charge in [-0.15, -0.1) is 0 Å². The van der Waals surface area contributed by atoms with Crippen molar-refractivity contribution in [1.82, 2.24) is 5.32 Å². The van der Waals surface area contributed by atoms with Gasteiger partial charge in [-0.1, -0.05) is 18.2 Å². The number of halogens is 9. The van der Waals surface area contributed by atoms with Crippen molar-refractivity contribution in [2.24, 2.45) is 0 Å². The summed E-state index contributed by atoms with van der Waals surface area (Å²) in [5.41, 5.74) is -5.69. The van der Waals surface area contributed by atoms with Crippen molar-refractivity contribution < 1.29 is 54.2 Å². The number of benzene rings is 2. The van der Waals surface area contributed by atoms with Crippen LogP contribution in [0.25, 0.3) is 0 Å². The lowest BCUT2D eigenvalue weighted by atomic mass is 9.99. The average molecular weight is 487 g/mol. The Morgan fingerprint density at radius 1 is 0.818 bits per heavy atom. The van der Waals surface area contributed by atoms with E-state index in [0.717, 1.165) is 12.1 Å². The van der Waals surface area contributed by atoms with Crippen LogP contribution in [0.1, 0.15) is 27.8 Å². The van der Waals surface area contributed by atoms with Gasteiger partial charge < -0.3 is 10.4 Å². The van der Waals surface area contributed by atoms with Gasteiger partial charge in [0.2, 0.25) is 5.91 Å². The maximum Gasteiger partial charge on any atom is 0.416 e. The van der Waals surface area contributed by atoms with E-state index in [0.29, 0.717) is 18.2 Å². The fraction of sp³-hybridized carbons (Fsp3) is 0.300. The fourth-order valence-corrected chi connectivity index (χ4v) is 2.95. The second-order valence-corrected chi connectivity index (χ2v) is 6.91. The highest BCUT2D eigenvalue weighted by Crippen LogP contribution is 2.36. The fourth-order valence-electron chi connectivity index (χ4n) is 2.95. The largest absolute Gasteiger partial charge is 0.480 e. The Labute approximate surface area is 180 Å². The maximum absolute atomic E-state index is 13.1. The first-order valence-electron chi connectivity index (χ1n) is 8.94. The van der Waals surface area contributed by atoms with Gasteiger partial charge in [-0.3, -0.25) is 4.79 Å². The quantitative estimate of drug-likeness (QED) is 0.558. The van der Waals surface area contributed by atoms with Crippen molar-refractivity contribution in [3.63, 3.8) is 0 Å². The lowest BCUT2D eigenvalue weighted by Crippen LogP contribution is -2.43. The molecule has 0 spiro atoms. The lowest BCUT2D eigenvalue weighted by molar-refractivity contribution is -0.143. The zero-order valence-electron chi connectivity index (χ0n) is 16.2. The number of carboxylic acids is 1. The first kappa shape index (κ1) is 26.0. The molecule has 0 aliphatic heterocycles. The molecule has 180 valence electrons. The summed E-state index contributed by atoms with van der Waals surface area (Å²) in [7, 11) is 0. The van der Waals surface area contributed by atoms with Crippen LogP contribution in [0.2, 0.25) is 0 Å². The first-order valence-corrected chi connectivity index (χ1v) is 8.94. The van der Waals surface area contributed by atoms with Crippen LogP contribution in [0, 0.1) is 0 Å². The van der Waals surface area contributed by atoms with Crippen LogP contribution in [-0.2, 0) is 41.0 Å². The molecule has 0 bridgehead atoms. The van der Waals surface area contributed by atoms with Crippen LogP contribution >= 0.6 is 0 Å². The molecule has 0 saturated heterocycles. The molecule has 2 rings (SSSR count). The summed E-state index contributed by atoms with van der Waals surface area (Å²) in [6.07, 6.45) is -17.0. The van der Waals surface area contributed by atoms with Crippen LogP contribution in [0.4, 0.5) is 39.5 Å². The van der Waals surface area contributed by atoms with Crippen LogP contribution in [0.15, 0.2) is 42.5 Å². The Kier molecular flexibility index (Phi) is 7.34. The van der Waals surface area contributed by atoms with Crippen molar-refractivity contribution in [3.8, 4) is 0 Å². The molecule has 0 heterocycles. The Morgan fingerprint density at radius 2 is 1.33 bits per heavy atom. The van der Waals surface area contributed by atoms with Gasteiger partial charge in [0.25, 0.3) is 0 Å². The number of rotatable bonds is 6. The average Bonchev–Trinajstić information content (AvgIpc) is 2.65. The lowest BCUT2D eigenvalue weighted by Gasteiger charge is -2.18. The summed E-state index contributed by atoms with van der Waals surface area (Å²) < 4.78 is 117. The molecular weight excluding hydrogens is 473 g/mol. The molecule has 33 heavy (non-hydrogen) atoms. The van der Waals surface area contributed by atoms with Crippen LogP contribution in [0.3, 0.4) is 0 Å². The van der Waals surface area contributed by atoms with Crippen molar-refractivity contribution in [2.45, 2.75) is 37.4 Å². The summed E-state index contributed by atoms with van der Waals surface area (Å²) in [5, 5.41) is 11.1. The smallest absolute Gasteiger partial charge is 0.416 e. The number of alkyl halides is 9. The Hall–Kier alpha value is -3.25. The molecule has 2 aromatic rings. The number of hydrogen-bond acceptors (Lipinski definition) is 2. The predicted molar refractivity (Wildman–Crippen MR) is 94.9 cm³/mol. The summed E-state index contributed by atoms with van der Waals surface area (Å²) in [6.45, 7) is 0. The standard InChI is InChI=1S/C20H14F9NO3/c21-18(22,23)12-5-10(6-13(9-12)19(24,25)26)7-16(31)30-15(17(32)33)8-11-3-1-2-4-14(11)20(27,28)29/h1-6,9,15H,7-8H2,(H,30,31)(H,32,33)/t15-/m0/s1. The molecule has 0 unspecified atom stereocenters. The number of amides is 1. The number of nitrogens with one attached hydrogen (secondary N) is 1. The third kappa shape index (κ3) is 7.12. The van der Waals surface area contributed by atoms with Crippen molar-refractivity contribution in [1.29, 1.82) is 0 Å². The van der Waals surface area contributed by atoms with E-state index in [1.54, 1.807) is 0 Å². The van der Waals surface area contributed by atoms with Crippen LogP contribution in [0.5, 0.6) is 0 Å². The van der Waals surface area contributed by atoms with E-state index in [4.69, 9.17) is 0 Å². The van der Waals surface area contributed by atoms with Gasteiger partial charge in [0.05, 0.1) is 23.1 Å². The minimum absolute atomic E-state index is 0.143. The number of hydrogen-bond donors (Lipinski definition) is 2. The van der Waals surface area contributed by atoms with E-state index >= 15 is 0 Å². The van der Waals surface area contributed by atoms with Gasteiger partial charge in [-0.25, -0.2) is 4.79 Å². The number of carboxylic acid groups (broad SMARTS) is 1. The normalized spacial score (nSPS) is 13.5. The van der Waals surface area contributed by atoms with Crippen molar-refractivity contribution in [2.75, 3.05) is 0 Å². The molecule has 0 saturated carbocycles. The van der Waals surface area contributed by atoms with Gasteiger partial charge in [-0.05, 0) is 35.4 Å². The van der Waals surface area contributed by atoms with E-state index in [1.807, 2.05) is 5.32 Å². The van der Waals surface area contributed by atoms with E-state index in [2.05, 4.69) is 0 Å². The molecular formula is C20H14F9NO3. The number of carbonyl (C=O) groups excluding carboxylic acids is 1. The highest BCUT2D eigenvalue weighted by Gasteiger charge is 2.37. The van der Waals surface area contributed by atoms with E-state index in [-0.39, 0.29) is 6.07 Å². The monoisotopic (exact) mass is 487 g/mol. The molecule has 0 fully saturated rings. The van der Waals surface area contributed by atoms with E-state index in [9.17, 15) is 54.2 Å². The highest BCUT2D eigenvalue weighted by atomic mass is 19.4. The number of aliphatic carboxylic acids is 1. The molecule has 0 radical (unpaired) electrons. The molecule has 2 aromatic carbocycles. The molecule has 0 aliphatic carbocycles. The molecule has 0 aromatic heterocycles. The van der Waals surface area contributed by atoms with Crippen molar-refractivity contribution in [3.05, 3.63) is 70.3 Å². The number of carbonyl (C=O) groups is 2. The third-order valence-corrected chi connectivity index (χ3v) is 4.39. The Bertz CT molecular complexity index is 994. The third-order valence-electron chi connectivity index (χ3n) is 4.39. The maximum atomic E-state index is 13.1. The van der Waals surface area contributed by atoms with Crippen LogP contribution in [-0.4, -0.2) is 23.0 Å². The van der Waals surface area contributed by atoms with Gasteiger partial charge in [0.1, 0.15) is 6.04 Å². The topological polar surface area (TPSA) is 66.4 Å². The second kappa shape index (κ2) is 9.32. The Morgan fingerprint density at radius 3 is 1.79 bits per heavy atom. The van der Waals surface area contributed by atoms with E-state index < -0.39 is 77.1 Å². The highest BCUT2D eigenvalue weighted by molar-refractivity contribution is 5.85. The van der Waals surface area contributed by atoms with E-state index in [1.165, 1.54) is 6.07 Å². The summed E-state index contributed by atoms with van der Waals surface area (Å²) >= 11 is 0. The zero-order valence-corrected chi connectivity index (χ0v) is 16.2.